The van der Waals surface area contributed by atoms with Gasteiger partial charge in [-0.05, 0) is 186 Å². The number of phenolic OH excluding ortho intramolecular Hbond substituents is 1. The molecule has 14 N–H and O–H groups in total. The van der Waals surface area contributed by atoms with Crippen LogP contribution in [-0.2, 0) is 6.54 Å². The minimum absolute atomic E-state index is 0.0425. The molecule has 30 nitrogen and oxygen atoms in total. The van der Waals surface area contributed by atoms with Gasteiger partial charge in [0.05, 0.1) is 122 Å². The number of aromatic nitrogens is 16. The van der Waals surface area contributed by atoms with Crippen LogP contribution in [0.25, 0.3) is 84.5 Å². The molecule has 0 bridgehead atoms. The Kier molecular flexibility index (Phi) is 21.5. The van der Waals surface area contributed by atoms with Gasteiger partial charge in [-0.2, -0.15) is 40.3 Å². The average molecular weight is 1610 g/mol. The maximum Gasteiger partial charge on any atom is 0.229 e. The predicted octanol–water partition coefficient (Wildman–Crippen LogP) is 18.8. The van der Waals surface area contributed by atoms with Gasteiger partial charge in [0.25, 0.3) is 0 Å². The zero-order valence-corrected chi connectivity index (χ0v) is 65.1. The van der Waals surface area contributed by atoms with E-state index in [2.05, 4.69) is 114 Å². The Hall–Kier alpha value is -14.1. The van der Waals surface area contributed by atoms with E-state index in [-0.39, 0.29) is 11.9 Å². The van der Waals surface area contributed by atoms with Crippen LogP contribution in [0.4, 0.5) is 81.2 Å². The maximum atomic E-state index is 10.0. The van der Waals surface area contributed by atoms with Gasteiger partial charge in [0.1, 0.15) is 5.75 Å². The first kappa shape index (κ1) is 73.7. The fourth-order valence-electron chi connectivity index (χ4n) is 12.9. The number of thiophene rings is 4. The number of aromatic hydroxyl groups is 1. The Morgan fingerprint density at radius 2 is 0.730 bits per heavy atom. The number of aromatic amines is 4. The summed E-state index contributed by atoms with van der Waals surface area (Å²) in [6.45, 7) is 0.625. The molecular formula is C81H72N24O6S4. The zero-order chi connectivity index (χ0) is 78.1. The van der Waals surface area contributed by atoms with Crippen molar-refractivity contribution in [3.05, 3.63) is 210 Å². The zero-order valence-electron chi connectivity index (χ0n) is 61.8. The number of ether oxygens (including phenoxy) is 4. The number of H-pyrrole nitrogens is 4. The SMILES string of the molecule is COc1ccc(CNc2nc(Nc3ccc4[nH]ncc4c3)c3sccc3n2)cc1.COc1ccc(Nc2nc(Nc3ccc4[nH]ncc4c3)c3sccc3n2)cc1O.COc1ccc(Nc2nc(Nc3ccc4[nH]ncc4c3)c3sccc3n2)cc1OC.OC1CCC(Nc2nc(Nc3ccc4[nH]ncc4c3)c3sccc3n2)CC1. The molecule has 12 heterocycles. The van der Waals surface area contributed by atoms with Crippen molar-refractivity contribution in [2.24, 2.45) is 0 Å². The quantitative estimate of drug-likeness (QED) is 0.0318. The highest BCUT2D eigenvalue weighted by atomic mass is 32.1. The molecule has 0 atom stereocenters. The fourth-order valence-corrected chi connectivity index (χ4v) is 16.0. The van der Waals surface area contributed by atoms with Crippen molar-refractivity contribution in [2.45, 2.75) is 44.4 Å². The van der Waals surface area contributed by atoms with E-state index in [1.54, 1.807) is 97.3 Å². The molecule has 0 spiro atoms. The number of methoxy groups -OCH3 is 4. The second-order valence-electron chi connectivity index (χ2n) is 26.4. The number of benzene rings is 7. The van der Waals surface area contributed by atoms with Crippen LogP contribution in [0.15, 0.2) is 204 Å². The van der Waals surface area contributed by atoms with Crippen LogP contribution in [-0.4, -0.2) is 131 Å². The molecule has 0 radical (unpaired) electrons. The molecule has 12 aromatic heterocycles. The molecule has 0 aliphatic heterocycles. The number of phenols is 1. The topological polar surface area (TPSA) is 391 Å². The molecule has 1 saturated carbocycles. The van der Waals surface area contributed by atoms with E-state index in [0.717, 1.165) is 167 Å². The number of rotatable bonds is 21. The van der Waals surface area contributed by atoms with Crippen LogP contribution in [0.3, 0.4) is 0 Å². The summed E-state index contributed by atoms with van der Waals surface area (Å²) in [5, 5.41) is 86.8. The monoisotopic (exact) mass is 1600 g/mol. The van der Waals surface area contributed by atoms with Crippen molar-refractivity contribution >= 4 is 211 Å². The van der Waals surface area contributed by atoms with E-state index in [4.69, 9.17) is 33.9 Å². The highest BCUT2D eigenvalue weighted by Gasteiger charge is 2.22. The standard InChI is InChI=1S/C21H18N6O2S.C21H18N6OS.C20H16N6O2S.C19H20N6OS/c1-28-17-6-4-14(10-18(17)29-2)24-21-25-16-7-8-30-19(16)20(26-21)23-13-3-5-15-12(9-13)11-22-27-15;1-28-16-5-2-13(3-6-16)11-22-21-25-18-8-9-29-19(18)20(26-21)24-15-4-7-17-14(10-15)12-23-27-17;1-28-17-5-3-13(9-16(17)27)23-20-24-15-6-7-29-18(15)19(25-20)22-12-2-4-14-11(8-12)10-21-26-14;26-14-4-1-12(2-5-14)22-19-23-16-7-8-27-17(16)18(24-19)21-13-3-6-15-11(9-13)10-20-25-15/h3-11H,1-2H3,(H,22,27)(H2,23,24,25,26);2-10,12H,11H2,1H3,(H,23,27)(H2,22,24,25,26);2-10,27H,1H3,(H,21,26)(H2,22,23,24,25);3,6-10,12,14,26H,1-2,4-5H2,(H,20,25)(H2,21,22,23,24). The van der Waals surface area contributed by atoms with E-state index in [1.807, 2.05) is 167 Å². The summed E-state index contributed by atoms with van der Waals surface area (Å²) in [5.74, 6) is 7.73. The van der Waals surface area contributed by atoms with Crippen LogP contribution in [0.1, 0.15) is 31.2 Å². The lowest BCUT2D eigenvalue weighted by Crippen LogP contribution is -2.29. The summed E-state index contributed by atoms with van der Waals surface area (Å²) < 4.78 is 25.0. The first-order valence-corrected chi connectivity index (χ1v) is 39.7. The lowest BCUT2D eigenvalue weighted by molar-refractivity contribution is 0.126. The summed E-state index contributed by atoms with van der Waals surface area (Å²) in [4.78, 5) is 37.3. The number of fused-ring (bicyclic) bond motifs is 8. The third kappa shape index (κ3) is 17.1. The van der Waals surface area contributed by atoms with Crippen molar-refractivity contribution < 1.29 is 29.2 Å². The highest BCUT2D eigenvalue weighted by molar-refractivity contribution is 7.18. The van der Waals surface area contributed by atoms with E-state index in [0.29, 0.717) is 65.1 Å². The number of hydrogen-bond donors (Lipinski definition) is 14. The average Bonchev–Trinajstić information content (AvgIpc) is 1.71. The normalized spacial score (nSPS) is 13.2. The van der Waals surface area contributed by atoms with Gasteiger partial charge in [-0.3, -0.25) is 20.4 Å². The minimum Gasteiger partial charge on any atom is -0.504 e. The molecule has 19 aromatic rings. The van der Waals surface area contributed by atoms with Crippen LogP contribution in [0.2, 0.25) is 0 Å². The Bertz CT molecular complexity index is 6610. The lowest BCUT2D eigenvalue weighted by atomic mass is 9.93. The number of aliphatic hydroxyl groups excluding tert-OH is 1. The van der Waals surface area contributed by atoms with Gasteiger partial charge in [0.15, 0.2) is 46.3 Å². The first-order chi connectivity index (χ1) is 56.4. The van der Waals surface area contributed by atoms with Crippen molar-refractivity contribution in [2.75, 3.05) is 71.0 Å². The lowest BCUT2D eigenvalue weighted by Gasteiger charge is -2.26. The van der Waals surface area contributed by atoms with Crippen molar-refractivity contribution in [1.82, 2.24) is 80.7 Å². The molecule has 0 unspecified atom stereocenters. The van der Waals surface area contributed by atoms with E-state index in [1.165, 1.54) is 7.11 Å². The summed E-state index contributed by atoms with van der Waals surface area (Å²) in [5.41, 5.74) is 13.8. The van der Waals surface area contributed by atoms with Crippen LogP contribution < -0.4 is 61.5 Å². The van der Waals surface area contributed by atoms with E-state index < -0.39 is 0 Å². The Balaban J connectivity index is 0.000000111. The summed E-state index contributed by atoms with van der Waals surface area (Å²) >= 11 is 6.41. The molecule has 1 aliphatic carbocycles. The number of nitrogens with zero attached hydrogens (tertiary/aromatic N) is 12. The predicted molar refractivity (Wildman–Crippen MR) is 460 cm³/mol. The molecule has 1 aliphatic rings. The molecule has 0 amide bonds. The van der Waals surface area contributed by atoms with E-state index >= 15 is 0 Å². The molecule has 7 aromatic carbocycles. The summed E-state index contributed by atoms with van der Waals surface area (Å²) in [6.07, 6.45) is 10.6. The molecule has 115 heavy (non-hydrogen) atoms. The van der Waals surface area contributed by atoms with Crippen LogP contribution in [0, 0.1) is 0 Å². The molecule has 20 rings (SSSR count). The molecule has 0 saturated heterocycles. The molecular weight excluding hydrogens is 1530 g/mol. The Labute approximate surface area is 670 Å². The summed E-state index contributed by atoms with van der Waals surface area (Å²) in [7, 11) is 6.39. The third-order valence-electron chi connectivity index (χ3n) is 18.7. The maximum absolute atomic E-state index is 10.0. The largest absolute Gasteiger partial charge is 0.504 e. The smallest absolute Gasteiger partial charge is 0.229 e. The minimum atomic E-state index is -0.168. The van der Waals surface area contributed by atoms with Crippen molar-refractivity contribution in [3.63, 3.8) is 0 Å². The van der Waals surface area contributed by atoms with Crippen molar-refractivity contribution in [1.29, 1.82) is 0 Å². The number of nitrogens with one attached hydrogen (secondary N) is 12. The fraction of sp³-hybridized carbons (Fsp3) is 0.136. The van der Waals surface area contributed by atoms with Gasteiger partial charge in [0, 0.05) is 80.4 Å². The third-order valence-corrected chi connectivity index (χ3v) is 22.4. The van der Waals surface area contributed by atoms with Gasteiger partial charge in [-0.1, -0.05) is 12.1 Å². The van der Waals surface area contributed by atoms with Gasteiger partial charge in [0.2, 0.25) is 23.8 Å². The Morgan fingerprint density at radius 1 is 0.365 bits per heavy atom. The second kappa shape index (κ2) is 33.5. The van der Waals surface area contributed by atoms with Crippen LogP contribution >= 0.6 is 45.3 Å². The molecule has 576 valence electrons. The van der Waals surface area contributed by atoms with Gasteiger partial charge in [-0.25, -0.2) is 19.9 Å². The van der Waals surface area contributed by atoms with Gasteiger partial charge < -0.3 is 71.7 Å². The summed E-state index contributed by atoms with van der Waals surface area (Å²) in [6, 6.07) is 50.9. The van der Waals surface area contributed by atoms with Gasteiger partial charge in [-0.15, -0.1) is 45.3 Å². The Morgan fingerprint density at radius 3 is 1.14 bits per heavy atom. The molecule has 1 fully saturated rings. The number of aliphatic hydroxyl groups is 1. The first-order valence-electron chi connectivity index (χ1n) is 36.2. The van der Waals surface area contributed by atoms with Crippen LogP contribution in [0.5, 0.6) is 28.7 Å². The van der Waals surface area contributed by atoms with Crippen molar-refractivity contribution in [3.8, 4) is 28.7 Å². The van der Waals surface area contributed by atoms with Gasteiger partial charge >= 0.3 is 0 Å². The molecule has 34 heteroatoms. The second-order valence-corrected chi connectivity index (χ2v) is 30.0. The number of anilines is 14. The number of hydrogen-bond acceptors (Lipinski definition) is 30. The van der Waals surface area contributed by atoms with E-state index in [9.17, 15) is 10.2 Å². The highest BCUT2D eigenvalue weighted by Crippen LogP contribution is 2.39.